The number of piperidine rings is 1. The molecular weight excluding hydrogens is 445 g/mol. The molecule has 0 radical (unpaired) electrons. The first-order valence-electron chi connectivity index (χ1n) is 11.2. The standard InChI is InChI=1S/C25H29Cl2N3O2/c1-17-15-29(12-10-21(17)18-5-3-2-4-6-18)20-9-11-30(16-20)24(31)14-28-25(32)19-7-8-22(26)23(27)13-19/h2-8,13,17,20-21H,9-12,14-16H2,1H3,(H,28,32). The second kappa shape index (κ2) is 10.2. The molecule has 2 saturated heterocycles. The molecule has 2 aromatic rings. The Hall–Kier alpha value is -2.08. The fourth-order valence-electron chi connectivity index (χ4n) is 4.98. The average Bonchev–Trinajstić information content (AvgIpc) is 3.30. The van der Waals surface area contributed by atoms with Crippen LogP contribution in [0.4, 0.5) is 0 Å². The van der Waals surface area contributed by atoms with Gasteiger partial charge in [0.25, 0.3) is 5.91 Å². The third kappa shape index (κ3) is 5.28. The highest BCUT2D eigenvalue weighted by molar-refractivity contribution is 6.42. The second-order valence-electron chi connectivity index (χ2n) is 8.87. The molecule has 0 bridgehead atoms. The van der Waals surface area contributed by atoms with E-state index >= 15 is 0 Å². The summed E-state index contributed by atoms with van der Waals surface area (Å²) in [4.78, 5) is 29.4. The van der Waals surface area contributed by atoms with Gasteiger partial charge in [-0.05, 0) is 55.0 Å². The quantitative estimate of drug-likeness (QED) is 0.697. The van der Waals surface area contributed by atoms with Crippen LogP contribution in [0.3, 0.4) is 0 Å². The molecule has 2 heterocycles. The number of rotatable bonds is 5. The SMILES string of the molecule is CC1CN(C2CCN(C(=O)CNC(=O)c3ccc(Cl)c(Cl)c3)C2)CCC1c1ccccc1. The summed E-state index contributed by atoms with van der Waals surface area (Å²) in [6, 6.07) is 15.9. The highest BCUT2D eigenvalue weighted by Crippen LogP contribution is 2.34. The molecule has 0 aliphatic carbocycles. The molecule has 2 amide bonds. The van der Waals surface area contributed by atoms with Gasteiger partial charge >= 0.3 is 0 Å². The van der Waals surface area contributed by atoms with Gasteiger partial charge in [0.2, 0.25) is 5.91 Å². The minimum atomic E-state index is -0.329. The number of nitrogens with one attached hydrogen (secondary N) is 1. The van der Waals surface area contributed by atoms with Gasteiger partial charge in [0.1, 0.15) is 0 Å². The maximum Gasteiger partial charge on any atom is 0.251 e. The van der Waals surface area contributed by atoms with Crippen LogP contribution in [0.15, 0.2) is 48.5 Å². The Morgan fingerprint density at radius 1 is 1.00 bits per heavy atom. The van der Waals surface area contributed by atoms with Crippen LogP contribution in [-0.4, -0.2) is 60.4 Å². The van der Waals surface area contributed by atoms with E-state index < -0.39 is 0 Å². The van der Waals surface area contributed by atoms with E-state index in [4.69, 9.17) is 23.2 Å². The molecule has 5 nitrogen and oxygen atoms in total. The van der Waals surface area contributed by atoms with Crippen molar-refractivity contribution in [3.63, 3.8) is 0 Å². The average molecular weight is 474 g/mol. The number of nitrogens with zero attached hydrogens (tertiary/aromatic N) is 2. The molecule has 7 heteroatoms. The molecule has 2 aliphatic heterocycles. The number of likely N-dealkylation sites (tertiary alicyclic amines) is 2. The number of halogens is 2. The van der Waals surface area contributed by atoms with Crippen LogP contribution in [0.2, 0.25) is 10.0 Å². The fraction of sp³-hybridized carbons (Fsp3) is 0.440. The lowest BCUT2D eigenvalue weighted by atomic mass is 9.81. The number of carbonyl (C=O) groups is 2. The van der Waals surface area contributed by atoms with Crippen molar-refractivity contribution in [3.8, 4) is 0 Å². The lowest BCUT2D eigenvalue weighted by Gasteiger charge is -2.40. The van der Waals surface area contributed by atoms with Crippen LogP contribution in [0, 0.1) is 5.92 Å². The Morgan fingerprint density at radius 3 is 2.50 bits per heavy atom. The van der Waals surface area contributed by atoms with Crippen molar-refractivity contribution in [3.05, 3.63) is 69.7 Å². The van der Waals surface area contributed by atoms with Crippen molar-refractivity contribution in [2.75, 3.05) is 32.7 Å². The van der Waals surface area contributed by atoms with Gasteiger partial charge in [-0.25, -0.2) is 0 Å². The minimum absolute atomic E-state index is 0.0156. The molecule has 2 aromatic carbocycles. The predicted molar refractivity (Wildman–Crippen MR) is 128 cm³/mol. The summed E-state index contributed by atoms with van der Waals surface area (Å²) in [5, 5.41) is 3.41. The zero-order valence-corrected chi connectivity index (χ0v) is 19.8. The maximum atomic E-state index is 12.7. The van der Waals surface area contributed by atoms with Gasteiger partial charge in [0.15, 0.2) is 0 Å². The van der Waals surface area contributed by atoms with Crippen LogP contribution >= 0.6 is 23.2 Å². The highest BCUT2D eigenvalue weighted by atomic mass is 35.5. The zero-order valence-electron chi connectivity index (χ0n) is 18.3. The molecule has 2 fully saturated rings. The largest absolute Gasteiger partial charge is 0.343 e. The van der Waals surface area contributed by atoms with Crippen molar-refractivity contribution in [1.82, 2.24) is 15.1 Å². The molecule has 1 N–H and O–H groups in total. The van der Waals surface area contributed by atoms with Gasteiger partial charge in [-0.3, -0.25) is 14.5 Å². The van der Waals surface area contributed by atoms with Crippen molar-refractivity contribution >= 4 is 35.0 Å². The van der Waals surface area contributed by atoms with E-state index in [1.807, 2.05) is 4.90 Å². The van der Waals surface area contributed by atoms with Crippen LogP contribution < -0.4 is 5.32 Å². The Labute approximate surface area is 199 Å². The maximum absolute atomic E-state index is 12.7. The lowest BCUT2D eigenvalue weighted by molar-refractivity contribution is -0.129. The van der Waals surface area contributed by atoms with Gasteiger partial charge in [0, 0.05) is 31.2 Å². The summed E-state index contributed by atoms with van der Waals surface area (Å²) in [6.45, 7) is 5.90. The van der Waals surface area contributed by atoms with E-state index in [2.05, 4.69) is 47.5 Å². The molecule has 0 saturated carbocycles. The van der Waals surface area contributed by atoms with Crippen molar-refractivity contribution < 1.29 is 9.59 Å². The van der Waals surface area contributed by atoms with Crippen molar-refractivity contribution in [1.29, 1.82) is 0 Å². The first kappa shape index (κ1) is 23.1. The van der Waals surface area contributed by atoms with Gasteiger partial charge < -0.3 is 10.2 Å². The Morgan fingerprint density at radius 2 is 1.78 bits per heavy atom. The summed E-state index contributed by atoms with van der Waals surface area (Å²) in [7, 11) is 0. The molecule has 32 heavy (non-hydrogen) atoms. The lowest BCUT2D eigenvalue weighted by Crippen LogP contribution is -2.46. The van der Waals surface area contributed by atoms with Crippen LogP contribution in [0.1, 0.15) is 41.6 Å². The summed E-state index contributed by atoms with van der Waals surface area (Å²) < 4.78 is 0. The number of amides is 2. The van der Waals surface area contributed by atoms with Crippen LogP contribution in [-0.2, 0) is 4.79 Å². The number of carbonyl (C=O) groups excluding carboxylic acids is 2. The van der Waals surface area contributed by atoms with Crippen LogP contribution in [0.25, 0.3) is 0 Å². The normalized spacial score (nSPS) is 23.8. The van der Waals surface area contributed by atoms with E-state index in [1.165, 1.54) is 11.6 Å². The molecule has 3 atom stereocenters. The zero-order chi connectivity index (χ0) is 22.7. The molecular formula is C25H29Cl2N3O2. The molecule has 2 aliphatic rings. The van der Waals surface area contributed by atoms with E-state index in [-0.39, 0.29) is 18.4 Å². The van der Waals surface area contributed by atoms with Gasteiger partial charge in [0.05, 0.1) is 16.6 Å². The van der Waals surface area contributed by atoms with Gasteiger partial charge in [-0.2, -0.15) is 0 Å². The molecule has 170 valence electrons. The summed E-state index contributed by atoms with van der Waals surface area (Å²) in [6.07, 6.45) is 2.13. The molecule has 3 unspecified atom stereocenters. The second-order valence-corrected chi connectivity index (χ2v) is 9.69. The minimum Gasteiger partial charge on any atom is -0.343 e. The first-order valence-corrected chi connectivity index (χ1v) is 12.0. The van der Waals surface area contributed by atoms with Crippen molar-refractivity contribution in [2.24, 2.45) is 5.92 Å². The smallest absolute Gasteiger partial charge is 0.251 e. The van der Waals surface area contributed by atoms with E-state index in [1.54, 1.807) is 12.1 Å². The Bertz CT molecular complexity index is 969. The third-order valence-corrected chi connectivity index (χ3v) is 7.52. The molecule has 0 spiro atoms. The van der Waals surface area contributed by atoms with E-state index in [9.17, 15) is 9.59 Å². The Balaban J connectivity index is 1.26. The summed E-state index contributed by atoms with van der Waals surface area (Å²) in [5.74, 6) is 0.808. The van der Waals surface area contributed by atoms with Gasteiger partial charge in [-0.1, -0.05) is 60.5 Å². The number of benzene rings is 2. The topological polar surface area (TPSA) is 52.6 Å². The predicted octanol–water partition coefficient (Wildman–Crippen LogP) is 4.45. The highest BCUT2D eigenvalue weighted by Gasteiger charge is 2.35. The summed E-state index contributed by atoms with van der Waals surface area (Å²) >= 11 is 11.9. The number of hydrogen-bond donors (Lipinski definition) is 1. The van der Waals surface area contributed by atoms with E-state index in [0.717, 1.165) is 39.0 Å². The van der Waals surface area contributed by atoms with Gasteiger partial charge in [-0.15, -0.1) is 0 Å². The molecule has 0 aromatic heterocycles. The first-order chi connectivity index (χ1) is 15.4. The van der Waals surface area contributed by atoms with Crippen molar-refractivity contribution in [2.45, 2.75) is 31.7 Å². The van der Waals surface area contributed by atoms with E-state index in [0.29, 0.717) is 33.5 Å². The monoisotopic (exact) mass is 473 g/mol. The number of hydrogen-bond acceptors (Lipinski definition) is 3. The summed E-state index contributed by atoms with van der Waals surface area (Å²) in [5.41, 5.74) is 1.82. The molecule has 4 rings (SSSR count). The Kier molecular flexibility index (Phi) is 7.39. The third-order valence-electron chi connectivity index (χ3n) is 6.78. The fourth-order valence-corrected chi connectivity index (χ4v) is 5.28. The van der Waals surface area contributed by atoms with Crippen LogP contribution in [0.5, 0.6) is 0 Å².